The molecule has 2 atom stereocenters. The average molecular weight is 368 g/mol. The zero-order valence-electron chi connectivity index (χ0n) is 16.8. The van der Waals surface area contributed by atoms with Crippen molar-refractivity contribution in [2.24, 2.45) is 0 Å². The number of carbonyl (C=O) groups is 1. The van der Waals surface area contributed by atoms with Crippen LogP contribution in [0.1, 0.15) is 36.8 Å². The molecular weight excluding hydrogens is 340 g/mol. The molecule has 0 unspecified atom stereocenters. The normalized spacial score (nSPS) is 19.8. The van der Waals surface area contributed by atoms with Gasteiger partial charge in [0.05, 0.1) is 17.9 Å². The summed E-state index contributed by atoms with van der Waals surface area (Å²) < 4.78 is 5.72. The van der Waals surface area contributed by atoms with Crippen LogP contribution in [0.4, 0.5) is 5.95 Å². The van der Waals surface area contributed by atoms with E-state index in [1.807, 2.05) is 68.1 Å². The van der Waals surface area contributed by atoms with Crippen molar-refractivity contribution in [2.75, 3.05) is 32.1 Å². The molecule has 0 radical (unpaired) electrons. The van der Waals surface area contributed by atoms with Crippen molar-refractivity contribution < 1.29 is 9.53 Å². The predicted molar refractivity (Wildman–Crippen MR) is 107 cm³/mol. The van der Waals surface area contributed by atoms with Gasteiger partial charge < -0.3 is 14.5 Å². The minimum atomic E-state index is 0.0504. The molecule has 0 N–H and O–H groups in total. The lowest BCUT2D eigenvalue weighted by atomic mass is 10.1. The Labute approximate surface area is 161 Å². The Kier molecular flexibility index (Phi) is 5.75. The standard InChI is InChI=1S/C21H28N4O2/c1-6-18-11-19(23-21(22-18)24(4)5)16-7-9-17(10-8-16)20(26)25-12-14(2)27-15(3)13-25/h7-11,14-15H,6,12-13H2,1-5H3/t14-,15+. The first-order chi connectivity index (χ1) is 12.9. The molecule has 6 heteroatoms. The highest BCUT2D eigenvalue weighted by Crippen LogP contribution is 2.22. The molecule has 1 amide bonds. The van der Waals surface area contributed by atoms with E-state index in [9.17, 15) is 4.79 Å². The minimum absolute atomic E-state index is 0.0504. The molecule has 0 bridgehead atoms. The van der Waals surface area contributed by atoms with Gasteiger partial charge in [-0.3, -0.25) is 4.79 Å². The number of hydrogen-bond acceptors (Lipinski definition) is 5. The molecule has 1 aliphatic rings. The van der Waals surface area contributed by atoms with Gasteiger partial charge >= 0.3 is 0 Å². The molecule has 0 spiro atoms. The van der Waals surface area contributed by atoms with Gasteiger partial charge in [0.25, 0.3) is 5.91 Å². The van der Waals surface area contributed by atoms with Crippen LogP contribution in [-0.2, 0) is 11.2 Å². The van der Waals surface area contributed by atoms with Gasteiger partial charge in [0, 0.05) is 44.0 Å². The van der Waals surface area contributed by atoms with E-state index in [2.05, 4.69) is 16.9 Å². The van der Waals surface area contributed by atoms with Crippen molar-refractivity contribution in [3.63, 3.8) is 0 Å². The summed E-state index contributed by atoms with van der Waals surface area (Å²) in [5.74, 6) is 0.746. The van der Waals surface area contributed by atoms with E-state index in [1.54, 1.807) is 0 Å². The first-order valence-corrected chi connectivity index (χ1v) is 9.47. The lowest BCUT2D eigenvalue weighted by molar-refractivity contribution is -0.0586. The van der Waals surface area contributed by atoms with Gasteiger partial charge in [0.15, 0.2) is 0 Å². The van der Waals surface area contributed by atoms with Crippen LogP contribution in [0, 0.1) is 0 Å². The Morgan fingerprint density at radius 2 is 1.78 bits per heavy atom. The van der Waals surface area contributed by atoms with Crippen LogP contribution in [0.15, 0.2) is 30.3 Å². The van der Waals surface area contributed by atoms with Crippen LogP contribution in [-0.4, -0.2) is 60.2 Å². The van der Waals surface area contributed by atoms with Crippen molar-refractivity contribution in [2.45, 2.75) is 39.4 Å². The molecule has 144 valence electrons. The number of rotatable bonds is 4. The summed E-state index contributed by atoms with van der Waals surface area (Å²) in [5.41, 5.74) is 3.55. The van der Waals surface area contributed by atoms with Crippen molar-refractivity contribution in [3.8, 4) is 11.3 Å². The topological polar surface area (TPSA) is 58.6 Å². The predicted octanol–water partition coefficient (Wildman–Crippen LogP) is 3.02. The molecule has 1 aliphatic heterocycles. The Bertz CT molecular complexity index is 794. The van der Waals surface area contributed by atoms with Crippen LogP contribution in [0.2, 0.25) is 0 Å². The Balaban J connectivity index is 1.83. The van der Waals surface area contributed by atoms with E-state index in [0.29, 0.717) is 24.6 Å². The molecule has 1 aromatic carbocycles. The molecule has 1 saturated heterocycles. The lowest BCUT2D eigenvalue weighted by Crippen LogP contribution is -2.48. The second kappa shape index (κ2) is 8.05. The van der Waals surface area contributed by atoms with Gasteiger partial charge in [-0.25, -0.2) is 9.97 Å². The fourth-order valence-corrected chi connectivity index (χ4v) is 3.32. The summed E-state index contributed by atoms with van der Waals surface area (Å²) in [6.45, 7) is 7.34. The highest BCUT2D eigenvalue weighted by Gasteiger charge is 2.26. The van der Waals surface area contributed by atoms with Gasteiger partial charge in [0.2, 0.25) is 5.95 Å². The number of carbonyl (C=O) groups excluding carboxylic acids is 1. The first kappa shape index (κ1) is 19.3. The first-order valence-electron chi connectivity index (χ1n) is 9.47. The highest BCUT2D eigenvalue weighted by molar-refractivity contribution is 5.94. The second-order valence-corrected chi connectivity index (χ2v) is 7.34. The van der Waals surface area contributed by atoms with E-state index < -0.39 is 0 Å². The number of nitrogens with zero attached hydrogens (tertiary/aromatic N) is 4. The Hall–Kier alpha value is -2.47. The molecule has 27 heavy (non-hydrogen) atoms. The van der Waals surface area contributed by atoms with Gasteiger partial charge in [0.1, 0.15) is 0 Å². The zero-order chi connectivity index (χ0) is 19.6. The van der Waals surface area contributed by atoms with Crippen molar-refractivity contribution in [1.29, 1.82) is 0 Å². The Morgan fingerprint density at radius 1 is 1.15 bits per heavy atom. The third kappa shape index (κ3) is 4.45. The molecule has 1 aromatic heterocycles. The molecule has 2 aromatic rings. The third-order valence-electron chi connectivity index (χ3n) is 4.66. The number of aromatic nitrogens is 2. The summed E-state index contributed by atoms with van der Waals surface area (Å²) in [5, 5.41) is 0. The van der Waals surface area contributed by atoms with E-state index >= 15 is 0 Å². The van der Waals surface area contributed by atoms with Crippen molar-refractivity contribution in [3.05, 3.63) is 41.6 Å². The van der Waals surface area contributed by atoms with Gasteiger partial charge in [-0.2, -0.15) is 0 Å². The minimum Gasteiger partial charge on any atom is -0.372 e. The van der Waals surface area contributed by atoms with E-state index in [4.69, 9.17) is 4.74 Å². The van der Waals surface area contributed by atoms with Crippen LogP contribution in [0.3, 0.4) is 0 Å². The second-order valence-electron chi connectivity index (χ2n) is 7.34. The number of morpholine rings is 1. The molecule has 3 rings (SSSR count). The zero-order valence-corrected chi connectivity index (χ0v) is 16.8. The number of benzene rings is 1. The van der Waals surface area contributed by atoms with E-state index in [-0.39, 0.29) is 18.1 Å². The van der Waals surface area contributed by atoms with Crippen LogP contribution in [0.25, 0.3) is 11.3 Å². The van der Waals surface area contributed by atoms with E-state index in [0.717, 1.165) is 23.4 Å². The molecule has 6 nitrogen and oxygen atoms in total. The molecule has 0 aliphatic carbocycles. The maximum Gasteiger partial charge on any atom is 0.254 e. The third-order valence-corrected chi connectivity index (χ3v) is 4.66. The van der Waals surface area contributed by atoms with Gasteiger partial charge in [-0.15, -0.1) is 0 Å². The fraction of sp³-hybridized carbons (Fsp3) is 0.476. The molecule has 2 heterocycles. The van der Waals surface area contributed by atoms with Gasteiger partial charge in [-0.05, 0) is 38.5 Å². The highest BCUT2D eigenvalue weighted by atomic mass is 16.5. The Morgan fingerprint density at radius 3 is 2.33 bits per heavy atom. The summed E-state index contributed by atoms with van der Waals surface area (Å²) in [4.78, 5) is 25.8. The van der Waals surface area contributed by atoms with Crippen LogP contribution in [0.5, 0.6) is 0 Å². The van der Waals surface area contributed by atoms with E-state index in [1.165, 1.54) is 0 Å². The summed E-state index contributed by atoms with van der Waals surface area (Å²) in [6.07, 6.45) is 0.977. The maximum absolute atomic E-state index is 12.8. The largest absolute Gasteiger partial charge is 0.372 e. The number of amides is 1. The maximum atomic E-state index is 12.8. The molecule has 1 fully saturated rings. The summed E-state index contributed by atoms with van der Waals surface area (Å²) >= 11 is 0. The summed E-state index contributed by atoms with van der Waals surface area (Å²) in [7, 11) is 3.87. The number of aryl methyl sites for hydroxylation is 1. The molecular formula is C21H28N4O2. The van der Waals surface area contributed by atoms with Crippen molar-refractivity contribution >= 4 is 11.9 Å². The summed E-state index contributed by atoms with van der Waals surface area (Å²) in [6, 6.07) is 9.69. The van der Waals surface area contributed by atoms with Crippen molar-refractivity contribution in [1.82, 2.24) is 14.9 Å². The number of hydrogen-bond donors (Lipinski definition) is 0. The lowest BCUT2D eigenvalue weighted by Gasteiger charge is -2.35. The SMILES string of the molecule is CCc1cc(-c2ccc(C(=O)N3C[C@@H](C)O[C@@H](C)C3)cc2)nc(N(C)C)n1. The number of anilines is 1. The number of ether oxygens (including phenoxy) is 1. The smallest absolute Gasteiger partial charge is 0.254 e. The fourth-order valence-electron chi connectivity index (χ4n) is 3.32. The monoisotopic (exact) mass is 368 g/mol. The molecule has 0 saturated carbocycles. The van der Waals surface area contributed by atoms with Crippen LogP contribution >= 0.6 is 0 Å². The average Bonchev–Trinajstić information content (AvgIpc) is 2.66. The van der Waals surface area contributed by atoms with Gasteiger partial charge in [-0.1, -0.05) is 19.1 Å². The van der Waals surface area contributed by atoms with Crippen LogP contribution < -0.4 is 4.90 Å². The quantitative estimate of drug-likeness (QED) is 0.830.